The second-order valence-electron chi connectivity index (χ2n) is 4.67. The highest BCUT2D eigenvalue weighted by atomic mass is 16.5. The standard InChI is InChI=1S/C11H19NO4/c13-10-7-16-5-3-9(10)12-4-1-2-8(6-12)11(14)15/h8-10,13H,1-7H2,(H,14,15). The number of hydrogen-bond acceptors (Lipinski definition) is 4. The lowest BCUT2D eigenvalue weighted by Gasteiger charge is -2.41. The average molecular weight is 229 g/mol. The van der Waals surface area contributed by atoms with Gasteiger partial charge < -0.3 is 14.9 Å². The van der Waals surface area contributed by atoms with Crippen molar-refractivity contribution >= 4 is 5.97 Å². The first-order chi connectivity index (χ1) is 7.68. The summed E-state index contributed by atoms with van der Waals surface area (Å²) in [6.07, 6.45) is 1.99. The van der Waals surface area contributed by atoms with Gasteiger partial charge in [0.05, 0.1) is 18.6 Å². The van der Waals surface area contributed by atoms with Crippen LogP contribution in [0.15, 0.2) is 0 Å². The van der Waals surface area contributed by atoms with Gasteiger partial charge in [0.25, 0.3) is 0 Å². The number of aliphatic carboxylic acids is 1. The molecule has 0 aromatic carbocycles. The summed E-state index contributed by atoms with van der Waals surface area (Å²) in [7, 11) is 0. The maximum Gasteiger partial charge on any atom is 0.307 e. The Morgan fingerprint density at radius 1 is 1.38 bits per heavy atom. The maximum atomic E-state index is 11.0. The molecule has 0 bridgehead atoms. The third kappa shape index (κ3) is 2.53. The SMILES string of the molecule is O=C(O)C1CCCN(C2CCOCC2O)C1. The molecule has 0 amide bonds. The second-order valence-corrected chi connectivity index (χ2v) is 4.67. The lowest BCUT2D eigenvalue weighted by Crippen LogP contribution is -2.53. The van der Waals surface area contributed by atoms with Crippen molar-refractivity contribution in [3.8, 4) is 0 Å². The number of likely N-dealkylation sites (tertiary alicyclic amines) is 1. The summed E-state index contributed by atoms with van der Waals surface area (Å²) in [5.41, 5.74) is 0. The van der Waals surface area contributed by atoms with Gasteiger partial charge in [-0.15, -0.1) is 0 Å². The first-order valence-electron chi connectivity index (χ1n) is 5.91. The van der Waals surface area contributed by atoms with Crippen molar-refractivity contribution in [3.63, 3.8) is 0 Å². The molecule has 2 saturated heterocycles. The van der Waals surface area contributed by atoms with Crippen molar-refractivity contribution < 1.29 is 19.7 Å². The molecule has 2 aliphatic rings. The number of nitrogens with zero attached hydrogens (tertiary/aromatic N) is 1. The first-order valence-corrected chi connectivity index (χ1v) is 5.91. The molecule has 2 aliphatic heterocycles. The summed E-state index contributed by atoms with van der Waals surface area (Å²) in [6, 6.07) is 0.0795. The van der Waals surface area contributed by atoms with Crippen LogP contribution in [0.4, 0.5) is 0 Å². The van der Waals surface area contributed by atoms with Crippen LogP contribution in [0.2, 0.25) is 0 Å². The Morgan fingerprint density at radius 2 is 2.19 bits per heavy atom. The predicted molar refractivity (Wildman–Crippen MR) is 57.2 cm³/mol. The quantitative estimate of drug-likeness (QED) is 0.694. The molecule has 0 saturated carbocycles. The Balaban J connectivity index is 1.95. The van der Waals surface area contributed by atoms with E-state index < -0.39 is 12.1 Å². The fourth-order valence-electron chi connectivity index (χ4n) is 2.65. The molecule has 0 spiro atoms. The van der Waals surface area contributed by atoms with Gasteiger partial charge in [-0.05, 0) is 25.8 Å². The second kappa shape index (κ2) is 5.12. The van der Waals surface area contributed by atoms with Gasteiger partial charge in [-0.25, -0.2) is 0 Å². The summed E-state index contributed by atoms with van der Waals surface area (Å²) in [6.45, 7) is 2.50. The van der Waals surface area contributed by atoms with Gasteiger partial charge in [-0.2, -0.15) is 0 Å². The maximum absolute atomic E-state index is 11.0. The Hall–Kier alpha value is -0.650. The highest BCUT2D eigenvalue weighted by molar-refractivity contribution is 5.70. The zero-order chi connectivity index (χ0) is 11.5. The van der Waals surface area contributed by atoms with E-state index in [1.54, 1.807) is 0 Å². The minimum atomic E-state index is -0.716. The van der Waals surface area contributed by atoms with Gasteiger partial charge in [0.15, 0.2) is 0 Å². The van der Waals surface area contributed by atoms with Crippen LogP contribution in [0, 0.1) is 5.92 Å². The van der Waals surface area contributed by atoms with E-state index in [1.165, 1.54) is 0 Å². The van der Waals surface area contributed by atoms with Crippen molar-refractivity contribution in [2.75, 3.05) is 26.3 Å². The molecule has 0 aromatic rings. The van der Waals surface area contributed by atoms with Gasteiger partial charge in [0.2, 0.25) is 0 Å². The van der Waals surface area contributed by atoms with Crippen LogP contribution in [0.25, 0.3) is 0 Å². The van der Waals surface area contributed by atoms with E-state index in [2.05, 4.69) is 4.90 Å². The summed E-state index contributed by atoms with van der Waals surface area (Å²) in [5, 5.41) is 18.8. The number of hydrogen-bond donors (Lipinski definition) is 2. The van der Waals surface area contributed by atoms with Gasteiger partial charge >= 0.3 is 5.97 Å². The smallest absolute Gasteiger partial charge is 0.307 e. The van der Waals surface area contributed by atoms with Crippen LogP contribution < -0.4 is 0 Å². The molecule has 16 heavy (non-hydrogen) atoms. The van der Waals surface area contributed by atoms with Crippen molar-refractivity contribution in [2.24, 2.45) is 5.92 Å². The van der Waals surface area contributed by atoms with E-state index in [1.807, 2.05) is 0 Å². The summed E-state index contributed by atoms with van der Waals surface area (Å²) in [4.78, 5) is 13.1. The van der Waals surface area contributed by atoms with Crippen LogP contribution in [0.1, 0.15) is 19.3 Å². The number of aliphatic hydroxyl groups is 1. The van der Waals surface area contributed by atoms with Crippen LogP contribution in [-0.2, 0) is 9.53 Å². The normalized spacial score (nSPS) is 37.2. The van der Waals surface area contributed by atoms with Crippen LogP contribution in [-0.4, -0.2) is 59.5 Å². The number of carboxylic acid groups (broad SMARTS) is 1. The minimum absolute atomic E-state index is 0.0795. The molecule has 2 N–H and O–H groups in total. The number of ether oxygens (including phenoxy) is 1. The van der Waals surface area contributed by atoms with Crippen LogP contribution >= 0.6 is 0 Å². The number of aliphatic hydroxyl groups excluding tert-OH is 1. The van der Waals surface area contributed by atoms with Crippen LogP contribution in [0.3, 0.4) is 0 Å². The van der Waals surface area contributed by atoms with Crippen molar-refractivity contribution in [2.45, 2.75) is 31.4 Å². The third-order valence-electron chi connectivity index (χ3n) is 3.56. The van der Waals surface area contributed by atoms with E-state index in [0.29, 0.717) is 19.8 Å². The number of carboxylic acids is 1. The molecular weight excluding hydrogens is 210 g/mol. The molecule has 3 unspecified atom stereocenters. The lowest BCUT2D eigenvalue weighted by molar-refractivity contribution is -0.145. The van der Waals surface area contributed by atoms with Gasteiger partial charge in [0.1, 0.15) is 0 Å². The van der Waals surface area contributed by atoms with Crippen molar-refractivity contribution in [1.82, 2.24) is 4.90 Å². The van der Waals surface area contributed by atoms with Gasteiger partial charge in [-0.3, -0.25) is 9.69 Å². The van der Waals surface area contributed by atoms with Crippen molar-refractivity contribution in [3.05, 3.63) is 0 Å². The van der Waals surface area contributed by atoms with Gasteiger partial charge in [0, 0.05) is 19.2 Å². The number of carbonyl (C=O) groups is 1. The summed E-state index contributed by atoms with van der Waals surface area (Å²) < 4.78 is 5.18. The third-order valence-corrected chi connectivity index (χ3v) is 3.56. The fraction of sp³-hybridized carbons (Fsp3) is 0.909. The molecule has 0 aliphatic carbocycles. The summed E-state index contributed by atoms with van der Waals surface area (Å²) >= 11 is 0. The van der Waals surface area contributed by atoms with E-state index in [4.69, 9.17) is 9.84 Å². The molecule has 2 rings (SSSR count). The van der Waals surface area contributed by atoms with E-state index in [-0.39, 0.29) is 12.0 Å². The minimum Gasteiger partial charge on any atom is -0.481 e. The molecule has 0 radical (unpaired) electrons. The molecule has 5 heteroatoms. The van der Waals surface area contributed by atoms with E-state index in [9.17, 15) is 9.90 Å². The molecule has 0 aromatic heterocycles. The highest BCUT2D eigenvalue weighted by Gasteiger charge is 2.34. The van der Waals surface area contributed by atoms with Crippen molar-refractivity contribution in [1.29, 1.82) is 0 Å². The Morgan fingerprint density at radius 3 is 2.88 bits per heavy atom. The monoisotopic (exact) mass is 229 g/mol. The molecule has 3 atom stereocenters. The highest BCUT2D eigenvalue weighted by Crippen LogP contribution is 2.23. The average Bonchev–Trinajstić information content (AvgIpc) is 2.30. The molecular formula is C11H19NO4. The number of rotatable bonds is 2. The Labute approximate surface area is 95.0 Å². The zero-order valence-electron chi connectivity index (χ0n) is 9.34. The van der Waals surface area contributed by atoms with E-state index in [0.717, 1.165) is 25.8 Å². The molecule has 2 heterocycles. The van der Waals surface area contributed by atoms with Crippen LogP contribution in [0.5, 0.6) is 0 Å². The predicted octanol–water partition coefficient (Wildman–Crippen LogP) is -0.0672. The van der Waals surface area contributed by atoms with Gasteiger partial charge in [-0.1, -0.05) is 0 Å². The molecule has 2 fully saturated rings. The fourth-order valence-corrected chi connectivity index (χ4v) is 2.65. The number of piperidine rings is 1. The Kier molecular flexibility index (Phi) is 3.78. The molecule has 5 nitrogen and oxygen atoms in total. The topological polar surface area (TPSA) is 70.0 Å². The largest absolute Gasteiger partial charge is 0.481 e. The van der Waals surface area contributed by atoms with E-state index >= 15 is 0 Å². The zero-order valence-corrected chi connectivity index (χ0v) is 9.34. The molecule has 92 valence electrons. The lowest BCUT2D eigenvalue weighted by atomic mass is 9.94. The Bertz CT molecular complexity index is 258. The first kappa shape index (κ1) is 11.8. The summed E-state index contributed by atoms with van der Waals surface area (Å²) in [5.74, 6) is -0.991.